The second-order valence-electron chi connectivity index (χ2n) is 6.79. The largest absolute Gasteiger partial charge is 0.452 e. The predicted octanol–water partition coefficient (Wildman–Crippen LogP) is 2.42. The minimum absolute atomic E-state index is 0.150. The van der Waals surface area contributed by atoms with Crippen LogP contribution in [0.2, 0.25) is 0 Å². The molecule has 6 nitrogen and oxygen atoms in total. The Morgan fingerprint density at radius 2 is 1.43 bits per heavy atom. The molecule has 0 radical (unpaired) electrons. The Hall–Kier alpha value is -2.54. The fourth-order valence-electron chi connectivity index (χ4n) is 3.25. The van der Waals surface area contributed by atoms with Gasteiger partial charge in [0.05, 0.1) is 19.3 Å². The topological polar surface area (TPSA) is 82.1 Å². The van der Waals surface area contributed by atoms with Crippen LogP contribution < -0.4 is 0 Å². The van der Waals surface area contributed by atoms with Crippen LogP contribution in [0.4, 0.5) is 0 Å². The Balaban J connectivity index is 1.77. The van der Waals surface area contributed by atoms with Crippen molar-refractivity contribution >= 4 is 11.8 Å². The third kappa shape index (κ3) is 5.25. The Morgan fingerprint density at radius 1 is 0.929 bits per heavy atom. The smallest absolute Gasteiger partial charge is 0.303 e. The molecule has 3 rings (SSSR count). The second kappa shape index (κ2) is 9.59. The lowest BCUT2D eigenvalue weighted by atomic mass is 9.88. The number of benzene rings is 2. The number of ketones is 1. The highest BCUT2D eigenvalue weighted by atomic mass is 16.6. The van der Waals surface area contributed by atoms with Crippen LogP contribution in [0.5, 0.6) is 0 Å². The van der Waals surface area contributed by atoms with E-state index in [-0.39, 0.29) is 25.4 Å². The Labute approximate surface area is 164 Å². The molecule has 0 saturated heterocycles. The van der Waals surface area contributed by atoms with Gasteiger partial charge in [0.15, 0.2) is 11.9 Å². The molecule has 1 fully saturated rings. The highest BCUT2D eigenvalue weighted by molar-refractivity contribution is 5.87. The van der Waals surface area contributed by atoms with Crippen molar-refractivity contribution in [1.82, 2.24) is 0 Å². The molecule has 1 saturated carbocycles. The van der Waals surface area contributed by atoms with Gasteiger partial charge in [0.2, 0.25) is 0 Å². The van der Waals surface area contributed by atoms with Crippen LogP contribution in [0, 0.1) is 0 Å². The summed E-state index contributed by atoms with van der Waals surface area (Å²) in [6.45, 7) is 1.69. The van der Waals surface area contributed by atoms with Gasteiger partial charge in [-0.3, -0.25) is 9.59 Å². The molecule has 0 amide bonds. The predicted molar refractivity (Wildman–Crippen MR) is 101 cm³/mol. The maximum atomic E-state index is 12.4. The molecular weight excluding hydrogens is 360 g/mol. The van der Waals surface area contributed by atoms with Gasteiger partial charge in [0.1, 0.15) is 12.2 Å². The third-order valence-corrected chi connectivity index (χ3v) is 4.59. The molecule has 4 atom stereocenters. The van der Waals surface area contributed by atoms with Gasteiger partial charge in [-0.05, 0) is 11.1 Å². The molecule has 0 heterocycles. The fourth-order valence-corrected chi connectivity index (χ4v) is 3.25. The van der Waals surface area contributed by atoms with Gasteiger partial charge < -0.3 is 19.3 Å². The number of ether oxygens (including phenoxy) is 3. The van der Waals surface area contributed by atoms with Crippen molar-refractivity contribution < 1.29 is 28.9 Å². The number of rotatable bonds is 7. The summed E-state index contributed by atoms with van der Waals surface area (Å²) in [7, 11) is 0. The summed E-state index contributed by atoms with van der Waals surface area (Å²) in [4.78, 5) is 23.9. The lowest BCUT2D eigenvalue weighted by Crippen LogP contribution is -2.57. The summed E-state index contributed by atoms with van der Waals surface area (Å²) in [6, 6.07) is 18.9. The molecule has 0 aromatic heterocycles. The van der Waals surface area contributed by atoms with Gasteiger partial charge in [0, 0.05) is 13.3 Å². The van der Waals surface area contributed by atoms with Crippen LogP contribution in [0.15, 0.2) is 60.7 Å². The maximum absolute atomic E-state index is 12.4. The van der Waals surface area contributed by atoms with Gasteiger partial charge in [-0.1, -0.05) is 60.7 Å². The van der Waals surface area contributed by atoms with Crippen molar-refractivity contribution in [2.45, 2.75) is 51.0 Å². The zero-order valence-corrected chi connectivity index (χ0v) is 15.7. The van der Waals surface area contributed by atoms with Crippen molar-refractivity contribution in [3.63, 3.8) is 0 Å². The number of hydrogen-bond acceptors (Lipinski definition) is 6. The first-order valence-electron chi connectivity index (χ1n) is 9.23. The van der Waals surface area contributed by atoms with Gasteiger partial charge in [0.25, 0.3) is 0 Å². The highest BCUT2D eigenvalue weighted by Gasteiger charge is 2.47. The highest BCUT2D eigenvalue weighted by Crippen LogP contribution is 2.27. The maximum Gasteiger partial charge on any atom is 0.303 e. The van der Waals surface area contributed by atoms with Crippen LogP contribution in [-0.4, -0.2) is 41.3 Å². The molecule has 0 spiro atoms. The van der Waals surface area contributed by atoms with Crippen molar-refractivity contribution in [2.75, 3.05) is 0 Å². The van der Waals surface area contributed by atoms with E-state index in [0.717, 1.165) is 11.1 Å². The molecule has 0 unspecified atom stereocenters. The summed E-state index contributed by atoms with van der Waals surface area (Å²) < 4.78 is 17.1. The third-order valence-electron chi connectivity index (χ3n) is 4.59. The normalized spacial score (nSPS) is 24.7. The standard InChI is InChI=1S/C22H24O6/c1-15(23)28-21-19(25)12-18(24)20(26-13-16-8-4-2-5-9-16)22(21)27-14-17-10-6-3-7-11-17/h2-11,18,20-22,24H,12-14H2,1H3/t18-,20-,21-,22+/m0/s1. The number of Topliss-reactive ketones (excluding diaryl/α,β-unsaturated/α-hetero) is 1. The van der Waals surface area contributed by atoms with E-state index < -0.39 is 30.4 Å². The summed E-state index contributed by atoms with van der Waals surface area (Å²) in [6.07, 6.45) is -3.99. The van der Waals surface area contributed by atoms with Crippen molar-refractivity contribution in [3.8, 4) is 0 Å². The van der Waals surface area contributed by atoms with Gasteiger partial charge in [-0.15, -0.1) is 0 Å². The quantitative estimate of drug-likeness (QED) is 0.739. The minimum atomic E-state index is -1.11. The van der Waals surface area contributed by atoms with Crippen LogP contribution >= 0.6 is 0 Å². The lowest BCUT2D eigenvalue weighted by molar-refractivity contribution is -0.202. The summed E-state index contributed by atoms with van der Waals surface area (Å²) in [5.41, 5.74) is 1.83. The number of carbonyl (C=O) groups is 2. The summed E-state index contributed by atoms with van der Waals surface area (Å²) >= 11 is 0. The van der Waals surface area contributed by atoms with Crippen LogP contribution in [-0.2, 0) is 37.0 Å². The molecule has 1 N–H and O–H groups in total. The Bertz CT molecular complexity index is 776. The van der Waals surface area contributed by atoms with Gasteiger partial charge >= 0.3 is 5.97 Å². The molecule has 0 bridgehead atoms. The van der Waals surface area contributed by atoms with Gasteiger partial charge in [-0.2, -0.15) is 0 Å². The fraction of sp³-hybridized carbons (Fsp3) is 0.364. The molecule has 6 heteroatoms. The summed E-state index contributed by atoms with van der Waals surface area (Å²) in [5, 5.41) is 10.5. The first-order valence-corrected chi connectivity index (χ1v) is 9.23. The minimum Gasteiger partial charge on any atom is -0.452 e. The van der Waals surface area contributed by atoms with E-state index in [1.54, 1.807) is 0 Å². The van der Waals surface area contributed by atoms with Crippen molar-refractivity contribution in [3.05, 3.63) is 71.8 Å². The van der Waals surface area contributed by atoms with E-state index in [9.17, 15) is 14.7 Å². The Kier molecular flexibility index (Phi) is 6.92. The molecule has 1 aliphatic carbocycles. The molecular formula is C22H24O6. The number of aliphatic hydroxyl groups excluding tert-OH is 1. The average molecular weight is 384 g/mol. The number of esters is 1. The number of hydrogen-bond donors (Lipinski definition) is 1. The van der Waals surface area contributed by atoms with Crippen molar-refractivity contribution in [1.29, 1.82) is 0 Å². The molecule has 2 aromatic rings. The molecule has 0 aliphatic heterocycles. The molecule has 28 heavy (non-hydrogen) atoms. The van der Waals surface area contributed by atoms with Crippen LogP contribution in [0.3, 0.4) is 0 Å². The first-order chi connectivity index (χ1) is 13.5. The zero-order chi connectivity index (χ0) is 19.9. The van der Waals surface area contributed by atoms with Crippen LogP contribution in [0.1, 0.15) is 24.5 Å². The van der Waals surface area contributed by atoms with E-state index in [0.29, 0.717) is 0 Å². The van der Waals surface area contributed by atoms with E-state index in [1.165, 1.54) is 6.92 Å². The van der Waals surface area contributed by atoms with Crippen molar-refractivity contribution in [2.24, 2.45) is 0 Å². The number of aliphatic hydroxyl groups is 1. The van der Waals surface area contributed by atoms with E-state index in [2.05, 4.69) is 0 Å². The van der Waals surface area contributed by atoms with E-state index in [4.69, 9.17) is 14.2 Å². The van der Waals surface area contributed by atoms with E-state index in [1.807, 2.05) is 60.7 Å². The second-order valence-corrected chi connectivity index (χ2v) is 6.79. The number of carbonyl (C=O) groups excluding carboxylic acids is 2. The van der Waals surface area contributed by atoms with E-state index >= 15 is 0 Å². The molecule has 1 aliphatic rings. The van der Waals surface area contributed by atoms with Crippen LogP contribution in [0.25, 0.3) is 0 Å². The first kappa shape index (κ1) is 20.2. The Morgan fingerprint density at radius 3 is 1.93 bits per heavy atom. The summed E-state index contributed by atoms with van der Waals surface area (Å²) in [5.74, 6) is -0.954. The molecule has 148 valence electrons. The average Bonchev–Trinajstić information content (AvgIpc) is 2.69. The lowest BCUT2D eigenvalue weighted by Gasteiger charge is -2.38. The van der Waals surface area contributed by atoms with Gasteiger partial charge in [-0.25, -0.2) is 0 Å². The zero-order valence-electron chi connectivity index (χ0n) is 15.7. The monoisotopic (exact) mass is 384 g/mol. The molecule has 2 aromatic carbocycles. The SMILES string of the molecule is CC(=O)O[C@H]1C(=O)C[C@H](O)[C@H](OCc2ccccc2)[C@H]1OCc1ccccc1.